The number of nitrogens with one attached hydrogen (secondary N) is 5. The molecular formula is C19H36N6O6. The van der Waals surface area contributed by atoms with E-state index in [0.717, 1.165) is 71.4 Å². The van der Waals surface area contributed by atoms with Crippen LogP contribution in [0.25, 0.3) is 0 Å². The smallest absolute Gasteiger partial charge is 0.432 e. The first kappa shape index (κ1) is 28.4. The van der Waals surface area contributed by atoms with Gasteiger partial charge in [0.2, 0.25) is 5.78 Å². The summed E-state index contributed by atoms with van der Waals surface area (Å²) in [5.74, 6) is -1.45. The van der Waals surface area contributed by atoms with Crippen LogP contribution in [0, 0.1) is 0 Å². The fourth-order valence-corrected chi connectivity index (χ4v) is 2.50. The van der Waals surface area contributed by atoms with E-state index < -0.39 is 23.9 Å². The molecule has 0 aliphatic heterocycles. The largest absolute Gasteiger partial charge is 0.465 e. The molecule has 12 heteroatoms. The minimum absolute atomic E-state index is 0.115. The highest BCUT2D eigenvalue weighted by molar-refractivity contribution is 6.38. The molecule has 12 nitrogen and oxygen atoms in total. The summed E-state index contributed by atoms with van der Waals surface area (Å²) in [5.41, 5.74) is 0. The van der Waals surface area contributed by atoms with Gasteiger partial charge in [0, 0.05) is 13.0 Å². The lowest BCUT2D eigenvalue weighted by Crippen LogP contribution is -2.30. The van der Waals surface area contributed by atoms with Gasteiger partial charge in [0.1, 0.15) is 6.34 Å². The summed E-state index contributed by atoms with van der Waals surface area (Å²) in [7, 11) is 0. The van der Waals surface area contributed by atoms with Crippen molar-refractivity contribution in [2.24, 2.45) is 4.99 Å². The summed E-state index contributed by atoms with van der Waals surface area (Å²) >= 11 is 0. The molecule has 0 bridgehead atoms. The third kappa shape index (κ3) is 21.9. The molecule has 0 aliphatic carbocycles. The summed E-state index contributed by atoms with van der Waals surface area (Å²) in [6.45, 7) is 5.74. The van der Waals surface area contributed by atoms with Gasteiger partial charge in [0.25, 0.3) is 5.91 Å². The molecule has 0 heterocycles. The molecule has 0 aromatic rings. The monoisotopic (exact) mass is 444 g/mol. The second-order valence-corrected chi connectivity index (χ2v) is 6.79. The average molecular weight is 445 g/mol. The molecule has 0 aromatic heterocycles. The molecule has 0 aromatic carbocycles. The SMILES string of the molecule is O=C(O)N=CNC(=O)C(=O)CCCCNCCCNCCCCNCCCNC(=O)O. The van der Waals surface area contributed by atoms with Crippen molar-refractivity contribution in [3.05, 3.63) is 0 Å². The maximum atomic E-state index is 11.5. The number of hydrogen-bond acceptors (Lipinski definition) is 7. The second-order valence-electron chi connectivity index (χ2n) is 6.79. The van der Waals surface area contributed by atoms with Crippen LogP contribution in [0.2, 0.25) is 0 Å². The first-order valence-electron chi connectivity index (χ1n) is 10.6. The predicted octanol–water partition coefficient (Wildman–Crippen LogP) is 0.145. The van der Waals surface area contributed by atoms with Crippen molar-refractivity contribution in [3.8, 4) is 0 Å². The Kier molecular flexibility index (Phi) is 19.0. The van der Waals surface area contributed by atoms with E-state index in [1.165, 1.54) is 0 Å². The minimum Gasteiger partial charge on any atom is -0.465 e. The molecule has 0 spiro atoms. The lowest BCUT2D eigenvalue weighted by atomic mass is 10.1. The molecular weight excluding hydrogens is 408 g/mol. The Morgan fingerprint density at radius 1 is 0.677 bits per heavy atom. The molecule has 0 aliphatic rings. The molecule has 0 rings (SSSR count). The van der Waals surface area contributed by atoms with Crippen LogP contribution in [0.4, 0.5) is 9.59 Å². The van der Waals surface area contributed by atoms with E-state index >= 15 is 0 Å². The number of ketones is 1. The standard InChI is InChI=1S/C19H36N6O6/c26-16(17(27)24-15-25-19(30)31)7-1-2-8-20-11-5-12-21-9-3-4-10-22-13-6-14-23-18(28)29/h15,20-23H,1-14H2,(H,28,29)(H,30,31)(H,24,25,27). The van der Waals surface area contributed by atoms with Crippen molar-refractivity contribution >= 4 is 30.2 Å². The Hall–Kier alpha value is -2.57. The molecule has 0 fully saturated rings. The predicted molar refractivity (Wildman–Crippen MR) is 117 cm³/mol. The van der Waals surface area contributed by atoms with Crippen LogP contribution in [-0.4, -0.2) is 86.2 Å². The van der Waals surface area contributed by atoms with Crippen molar-refractivity contribution in [1.29, 1.82) is 0 Å². The number of unbranched alkanes of at least 4 members (excludes halogenated alkanes) is 2. The number of aliphatic imine (C=N–C) groups is 1. The van der Waals surface area contributed by atoms with Gasteiger partial charge in [-0.25, -0.2) is 9.59 Å². The topological polar surface area (TPSA) is 181 Å². The van der Waals surface area contributed by atoms with Crippen LogP contribution < -0.4 is 26.6 Å². The van der Waals surface area contributed by atoms with E-state index in [1.807, 2.05) is 5.32 Å². The normalized spacial score (nSPS) is 10.8. The lowest BCUT2D eigenvalue weighted by molar-refractivity contribution is -0.137. The number of Topliss-reactive ketones (excluding diaryl/α,β-unsaturated/α-hetero) is 1. The highest BCUT2D eigenvalue weighted by atomic mass is 16.4. The van der Waals surface area contributed by atoms with E-state index in [0.29, 0.717) is 19.3 Å². The molecule has 0 atom stereocenters. The number of amides is 3. The zero-order chi connectivity index (χ0) is 23.2. The van der Waals surface area contributed by atoms with E-state index in [1.54, 1.807) is 0 Å². The fraction of sp³-hybridized carbons (Fsp3) is 0.737. The van der Waals surface area contributed by atoms with Crippen LogP contribution in [-0.2, 0) is 9.59 Å². The van der Waals surface area contributed by atoms with Crippen LogP contribution in [0.5, 0.6) is 0 Å². The van der Waals surface area contributed by atoms with Crippen LogP contribution >= 0.6 is 0 Å². The van der Waals surface area contributed by atoms with Crippen molar-refractivity contribution in [3.63, 3.8) is 0 Å². The average Bonchev–Trinajstić information content (AvgIpc) is 2.72. The number of carbonyl (C=O) groups excluding carboxylic acids is 2. The quantitative estimate of drug-likeness (QED) is 0.0595. The summed E-state index contributed by atoms with van der Waals surface area (Å²) in [4.78, 5) is 46.2. The zero-order valence-electron chi connectivity index (χ0n) is 18.0. The van der Waals surface area contributed by atoms with Crippen LogP contribution in [0.1, 0.15) is 44.9 Å². The molecule has 3 amide bonds. The van der Waals surface area contributed by atoms with Crippen molar-refractivity contribution in [2.75, 3.05) is 45.8 Å². The van der Waals surface area contributed by atoms with Gasteiger partial charge in [-0.2, -0.15) is 4.99 Å². The van der Waals surface area contributed by atoms with Crippen molar-refractivity contribution in [2.45, 2.75) is 44.9 Å². The van der Waals surface area contributed by atoms with Gasteiger partial charge in [0.15, 0.2) is 0 Å². The zero-order valence-corrected chi connectivity index (χ0v) is 18.0. The van der Waals surface area contributed by atoms with Crippen molar-refractivity contribution < 1.29 is 29.4 Å². The minimum atomic E-state index is -1.44. The maximum absolute atomic E-state index is 11.5. The Bertz CT molecular complexity index is 558. The van der Waals surface area contributed by atoms with E-state index in [4.69, 9.17) is 10.2 Å². The van der Waals surface area contributed by atoms with Crippen molar-refractivity contribution in [1.82, 2.24) is 26.6 Å². The number of rotatable bonds is 20. The first-order valence-corrected chi connectivity index (χ1v) is 10.6. The summed E-state index contributed by atoms with van der Waals surface area (Å²) < 4.78 is 0. The highest BCUT2D eigenvalue weighted by Crippen LogP contribution is 1.95. The molecule has 178 valence electrons. The van der Waals surface area contributed by atoms with Gasteiger partial charge in [0.05, 0.1) is 0 Å². The third-order valence-electron chi connectivity index (χ3n) is 4.10. The molecule has 31 heavy (non-hydrogen) atoms. The van der Waals surface area contributed by atoms with E-state index in [-0.39, 0.29) is 6.42 Å². The fourth-order valence-electron chi connectivity index (χ4n) is 2.50. The molecule has 7 N–H and O–H groups in total. The van der Waals surface area contributed by atoms with Gasteiger partial charge in [-0.05, 0) is 77.8 Å². The Balaban J connectivity index is 3.28. The van der Waals surface area contributed by atoms with Gasteiger partial charge >= 0.3 is 12.2 Å². The van der Waals surface area contributed by atoms with E-state index in [2.05, 4.69) is 26.3 Å². The van der Waals surface area contributed by atoms with E-state index in [9.17, 15) is 19.2 Å². The van der Waals surface area contributed by atoms with Gasteiger partial charge in [-0.1, -0.05) is 0 Å². The Morgan fingerprint density at radius 3 is 1.68 bits per heavy atom. The summed E-state index contributed by atoms with van der Waals surface area (Å²) in [6.07, 6.45) is 3.67. The summed E-state index contributed by atoms with van der Waals surface area (Å²) in [5, 5.41) is 31.0. The number of nitrogens with zero attached hydrogens (tertiary/aromatic N) is 1. The maximum Gasteiger partial charge on any atom is 0.432 e. The number of carbonyl (C=O) groups is 4. The molecule has 0 saturated heterocycles. The first-order chi connectivity index (χ1) is 14.9. The second kappa shape index (κ2) is 20.7. The molecule has 0 saturated carbocycles. The van der Waals surface area contributed by atoms with Crippen LogP contribution in [0.15, 0.2) is 4.99 Å². The highest BCUT2D eigenvalue weighted by Gasteiger charge is 2.11. The van der Waals surface area contributed by atoms with Gasteiger partial charge in [-0.3, -0.25) is 9.59 Å². The molecule has 0 unspecified atom stereocenters. The summed E-state index contributed by atoms with van der Waals surface area (Å²) in [6, 6.07) is 0. The third-order valence-corrected chi connectivity index (χ3v) is 4.10. The van der Waals surface area contributed by atoms with Gasteiger partial charge in [-0.15, -0.1) is 0 Å². The van der Waals surface area contributed by atoms with Crippen LogP contribution in [0.3, 0.4) is 0 Å². The van der Waals surface area contributed by atoms with Gasteiger partial charge < -0.3 is 36.8 Å². The Labute approximate surface area is 182 Å². The number of hydrogen-bond donors (Lipinski definition) is 7. The molecule has 0 radical (unpaired) electrons. The Morgan fingerprint density at radius 2 is 1.16 bits per heavy atom. The lowest BCUT2D eigenvalue weighted by Gasteiger charge is -2.07. The number of carboxylic acid groups (broad SMARTS) is 2.